The molecule has 0 bridgehead atoms. The highest BCUT2D eigenvalue weighted by Crippen LogP contribution is 2.22. The number of carbonyl (C=O) groups excluding carboxylic acids is 1. The second-order valence-electron chi connectivity index (χ2n) is 4.69. The normalized spacial score (nSPS) is 18.0. The van der Waals surface area contributed by atoms with E-state index in [-0.39, 0.29) is 29.6 Å². The number of hydrogen-bond donors (Lipinski definition) is 3. The molecule has 1 aliphatic heterocycles. The molecule has 114 valence electrons. The van der Waals surface area contributed by atoms with E-state index in [9.17, 15) is 14.7 Å². The summed E-state index contributed by atoms with van der Waals surface area (Å²) in [4.78, 5) is 23.2. The van der Waals surface area contributed by atoms with Crippen molar-refractivity contribution in [1.29, 1.82) is 0 Å². The molecule has 1 aliphatic rings. The zero-order chi connectivity index (χ0) is 15.2. The van der Waals surface area contributed by atoms with Crippen LogP contribution in [0, 0.1) is 0 Å². The summed E-state index contributed by atoms with van der Waals surface area (Å²) in [6, 6.07) is 4.44. The lowest BCUT2D eigenvalue weighted by Crippen LogP contribution is -2.43. The largest absolute Gasteiger partial charge is 0.497 e. The van der Waals surface area contributed by atoms with E-state index in [4.69, 9.17) is 9.47 Å². The third-order valence-corrected chi connectivity index (χ3v) is 3.16. The third kappa shape index (κ3) is 4.17. The Morgan fingerprint density at radius 1 is 1.52 bits per heavy atom. The molecule has 0 spiro atoms. The molecule has 0 saturated carbocycles. The molecule has 21 heavy (non-hydrogen) atoms. The monoisotopic (exact) mass is 294 g/mol. The van der Waals surface area contributed by atoms with Gasteiger partial charge in [0.1, 0.15) is 5.75 Å². The van der Waals surface area contributed by atoms with Crippen molar-refractivity contribution in [3.63, 3.8) is 0 Å². The molecule has 0 aromatic heterocycles. The number of benzene rings is 1. The fourth-order valence-electron chi connectivity index (χ4n) is 2.11. The minimum Gasteiger partial charge on any atom is -0.497 e. The molecule has 1 aromatic rings. The van der Waals surface area contributed by atoms with E-state index in [1.807, 2.05) is 0 Å². The SMILES string of the molecule is COc1ccc(NC(=O)CC2COCCN2)c(C(=O)O)c1. The molecule has 1 amide bonds. The van der Waals surface area contributed by atoms with Crippen LogP contribution < -0.4 is 15.4 Å². The van der Waals surface area contributed by atoms with Crippen LogP contribution in [0.1, 0.15) is 16.8 Å². The van der Waals surface area contributed by atoms with Gasteiger partial charge in [0, 0.05) is 19.0 Å². The van der Waals surface area contributed by atoms with Gasteiger partial charge in [0.15, 0.2) is 0 Å². The standard InChI is InChI=1S/C14H18N2O5/c1-20-10-2-3-12(11(7-10)14(18)19)16-13(17)6-9-8-21-5-4-15-9/h2-3,7,9,15H,4-6,8H2,1H3,(H,16,17)(H,18,19). The molecule has 1 aromatic carbocycles. The summed E-state index contributed by atoms with van der Waals surface area (Å²) < 4.78 is 10.3. The van der Waals surface area contributed by atoms with Crippen molar-refractivity contribution in [2.24, 2.45) is 0 Å². The number of methoxy groups -OCH3 is 1. The van der Waals surface area contributed by atoms with Crippen LogP contribution in [-0.4, -0.2) is 49.9 Å². The number of carbonyl (C=O) groups is 2. The van der Waals surface area contributed by atoms with Gasteiger partial charge in [-0.2, -0.15) is 0 Å². The molecule has 1 fully saturated rings. The van der Waals surface area contributed by atoms with Crippen molar-refractivity contribution in [1.82, 2.24) is 5.32 Å². The Labute approximate surface area is 122 Å². The van der Waals surface area contributed by atoms with Crippen LogP contribution in [-0.2, 0) is 9.53 Å². The Bertz CT molecular complexity index is 526. The average Bonchev–Trinajstić information content (AvgIpc) is 2.48. The lowest BCUT2D eigenvalue weighted by atomic mass is 10.1. The van der Waals surface area contributed by atoms with E-state index in [1.165, 1.54) is 19.2 Å². The van der Waals surface area contributed by atoms with E-state index >= 15 is 0 Å². The first-order valence-corrected chi connectivity index (χ1v) is 6.62. The Hall–Kier alpha value is -2.12. The zero-order valence-electron chi connectivity index (χ0n) is 11.7. The lowest BCUT2D eigenvalue weighted by molar-refractivity contribution is -0.117. The van der Waals surface area contributed by atoms with E-state index in [2.05, 4.69) is 10.6 Å². The highest BCUT2D eigenvalue weighted by Gasteiger charge is 2.19. The number of carboxylic acids is 1. The second kappa shape index (κ2) is 7.05. The van der Waals surface area contributed by atoms with Crippen molar-refractivity contribution < 1.29 is 24.2 Å². The number of amides is 1. The molecule has 1 heterocycles. The predicted molar refractivity (Wildman–Crippen MR) is 75.8 cm³/mol. The number of rotatable bonds is 5. The van der Waals surface area contributed by atoms with Crippen LogP contribution >= 0.6 is 0 Å². The molecular weight excluding hydrogens is 276 g/mol. The van der Waals surface area contributed by atoms with Crippen LogP contribution in [0.3, 0.4) is 0 Å². The summed E-state index contributed by atoms with van der Waals surface area (Å²) in [6.45, 7) is 1.82. The quantitative estimate of drug-likeness (QED) is 0.740. The first-order chi connectivity index (χ1) is 10.1. The maximum Gasteiger partial charge on any atom is 0.337 e. The van der Waals surface area contributed by atoms with E-state index in [0.717, 1.165) is 0 Å². The van der Waals surface area contributed by atoms with Crippen molar-refractivity contribution >= 4 is 17.6 Å². The minimum atomic E-state index is -1.12. The summed E-state index contributed by atoms with van der Waals surface area (Å²) in [5.41, 5.74) is 0.251. The fourth-order valence-corrected chi connectivity index (χ4v) is 2.11. The first-order valence-electron chi connectivity index (χ1n) is 6.62. The first kappa shape index (κ1) is 15.3. The zero-order valence-corrected chi connectivity index (χ0v) is 11.7. The maximum absolute atomic E-state index is 12.0. The van der Waals surface area contributed by atoms with Gasteiger partial charge in [-0.15, -0.1) is 0 Å². The van der Waals surface area contributed by atoms with Gasteiger partial charge in [0.2, 0.25) is 5.91 Å². The highest BCUT2D eigenvalue weighted by atomic mass is 16.5. The van der Waals surface area contributed by atoms with Crippen molar-refractivity contribution in [3.8, 4) is 5.75 Å². The van der Waals surface area contributed by atoms with E-state index < -0.39 is 5.97 Å². The van der Waals surface area contributed by atoms with Gasteiger partial charge in [0.25, 0.3) is 0 Å². The number of aromatic carboxylic acids is 1. The minimum absolute atomic E-state index is 0.00412. The maximum atomic E-state index is 12.0. The summed E-state index contributed by atoms with van der Waals surface area (Å²) in [5, 5.41) is 15.0. The smallest absolute Gasteiger partial charge is 0.337 e. The Morgan fingerprint density at radius 3 is 2.95 bits per heavy atom. The van der Waals surface area contributed by atoms with Gasteiger partial charge in [-0.05, 0) is 18.2 Å². The third-order valence-electron chi connectivity index (χ3n) is 3.16. The van der Waals surface area contributed by atoms with Gasteiger partial charge in [-0.25, -0.2) is 4.79 Å². The molecule has 1 saturated heterocycles. The highest BCUT2D eigenvalue weighted by molar-refractivity contribution is 6.01. The van der Waals surface area contributed by atoms with Gasteiger partial charge in [-0.3, -0.25) is 4.79 Å². The number of hydrogen-bond acceptors (Lipinski definition) is 5. The molecule has 7 nitrogen and oxygen atoms in total. The van der Waals surface area contributed by atoms with Crippen LogP contribution in [0.2, 0.25) is 0 Å². The number of morpholine rings is 1. The number of carboxylic acid groups (broad SMARTS) is 1. The number of nitrogens with one attached hydrogen (secondary N) is 2. The van der Waals surface area contributed by atoms with Crippen molar-refractivity contribution in [2.45, 2.75) is 12.5 Å². The summed E-state index contributed by atoms with van der Waals surface area (Å²) >= 11 is 0. The Balaban J connectivity index is 2.04. The molecular formula is C14H18N2O5. The fraction of sp³-hybridized carbons (Fsp3) is 0.429. The number of anilines is 1. The van der Waals surface area contributed by atoms with Gasteiger partial charge in [-0.1, -0.05) is 0 Å². The van der Waals surface area contributed by atoms with E-state index in [1.54, 1.807) is 6.07 Å². The molecule has 1 atom stereocenters. The predicted octanol–water partition coefficient (Wildman–Crippen LogP) is 0.710. The molecule has 1 unspecified atom stereocenters. The van der Waals surface area contributed by atoms with Gasteiger partial charge >= 0.3 is 5.97 Å². The van der Waals surface area contributed by atoms with Crippen LogP contribution in [0.4, 0.5) is 5.69 Å². The van der Waals surface area contributed by atoms with Gasteiger partial charge < -0.3 is 25.2 Å². The average molecular weight is 294 g/mol. The van der Waals surface area contributed by atoms with Crippen molar-refractivity contribution in [2.75, 3.05) is 32.2 Å². The van der Waals surface area contributed by atoms with E-state index in [0.29, 0.717) is 25.5 Å². The van der Waals surface area contributed by atoms with Crippen molar-refractivity contribution in [3.05, 3.63) is 23.8 Å². The molecule has 2 rings (SSSR count). The van der Waals surface area contributed by atoms with Crippen LogP contribution in [0.15, 0.2) is 18.2 Å². The molecule has 0 radical (unpaired) electrons. The molecule has 3 N–H and O–H groups in total. The topological polar surface area (TPSA) is 96.9 Å². The lowest BCUT2D eigenvalue weighted by Gasteiger charge is -2.23. The summed E-state index contributed by atoms with van der Waals surface area (Å²) in [6.07, 6.45) is 0.227. The second-order valence-corrected chi connectivity index (χ2v) is 4.69. The van der Waals surface area contributed by atoms with Gasteiger partial charge in [0.05, 0.1) is 31.6 Å². The molecule has 7 heteroatoms. The molecule has 0 aliphatic carbocycles. The summed E-state index contributed by atoms with van der Waals surface area (Å²) in [7, 11) is 1.45. The Morgan fingerprint density at radius 2 is 2.33 bits per heavy atom. The number of ether oxygens (including phenoxy) is 2. The van der Waals surface area contributed by atoms with Crippen LogP contribution in [0.25, 0.3) is 0 Å². The Kier molecular flexibility index (Phi) is 5.13. The van der Waals surface area contributed by atoms with Crippen LogP contribution in [0.5, 0.6) is 5.75 Å². The summed E-state index contributed by atoms with van der Waals surface area (Å²) in [5.74, 6) is -0.957.